The fourth-order valence-corrected chi connectivity index (χ4v) is 2.30. The predicted octanol–water partition coefficient (Wildman–Crippen LogP) is 1.18. The maximum Gasteiger partial charge on any atom is 0.238 e. The van der Waals surface area contributed by atoms with E-state index in [1.165, 1.54) is 0 Å². The Labute approximate surface area is 119 Å². The maximum atomic E-state index is 11.9. The highest BCUT2D eigenvalue weighted by Gasteiger charge is 2.21. The van der Waals surface area contributed by atoms with Crippen molar-refractivity contribution >= 4 is 17.5 Å². The van der Waals surface area contributed by atoms with Crippen molar-refractivity contribution in [2.75, 3.05) is 38.0 Å². The molecule has 0 aromatic heterocycles. The van der Waals surface area contributed by atoms with Crippen LogP contribution >= 0.6 is 0 Å². The van der Waals surface area contributed by atoms with E-state index in [9.17, 15) is 9.59 Å². The highest BCUT2D eigenvalue weighted by atomic mass is 16.2. The molecule has 0 bridgehead atoms. The molecular weight excluding hydrogens is 254 g/mol. The molecule has 0 radical (unpaired) electrons. The van der Waals surface area contributed by atoms with Gasteiger partial charge in [0.2, 0.25) is 11.8 Å². The van der Waals surface area contributed by atoms with Gasteiger partial charge in [-0.05, 0) is 12.1 Å². The minimum Gasteiger partial charge on any atom is -0.340 e. The Balaban J connectivity index is 1.75. The number of amides is 2. The number of piperazine rings is 1. The van der Waals surface area contributed by atoms with Crippen LogP contribution in [0.2, 0.25) is 0 Å². The van der Waals surface area contributed by atoms with E-state index in [1.54, 1.807) is 0 Å². The first-order valence-corrected chi connectivity index (χ1v) is 7.04. The Bertz CT molecular complexity index is 453. The van der Waals surface area contributed by atoms with E-state index in [0.717, 1.165) is 18.8 Å². The number of carbonyl (C=O) groups excluding carboxylic acids is 2. The molecule has 2 amide bonds. The summed E-state index contributed by atoms with van der Waals surface area (Å²) in [6.07, 6.45) is 0.550. The van der Waals surface area contributed by atoms with Gasteiger partial charge in [0.05, 0.1) is 6.54 Å². The zero-order chi connectivity index (χ0) is 14.4. The molecule has 1 heterocycles. The quantitative estimate of drug-likeness (QED) is 0.897. The summed E-state index contributed by atoms with van der Waals surface area (Å²) in [5.74, 6) is 0.185. The SMILES string of the molecule is CCC(=O)N1CCN(CC(=O)Nc2ccccc2)CC1. The van der Waals surface area contributed by atoms with Crippen LogP contribution in [-0.2, 0) is 9.59 Å². The number of benzene rings is 1. The normalized spacial score (nSPS) is 15.9. The van der Waals surface area contributed by atoms with E-state index in [4.69, 9.17) is 0 Å². The minimum atomic E-state index is -0.00790. The van der Waals surface area contributed by atoms with Crippen molar-refractivity contribution in [2.45, 2.75) is 13.3 Å². The van der Waals surface area contributed by atoms with Gasteiger partial charge in [-0.1, -0.05) is 25.1 Å². The van der Waals surface area contributed by atoms with Crippen LogP contribution in [0.15, 0.2) is 30.3 Å². The van der Waals surface area contributed by atoms with Crippen molar-refractivity contribution in [2.24, 2.45) is 0 Å². The lowest BCUT2D eigenvalue weighted by Gasteiger charge is -2.34. The van der Waals surface area contributed by atoms with Crippen molar-refractivity contribution in [3.8, 4) is 0 Å². The number of rotatable bonds is 4. The van der Waals surface area contributed by atoms with Crippen molar-refractivity contribution in [3.63, 3.8) is 0 Å². The molecule has 1 saturated heterocycles. The molecule has 0 aliphatic carbocycles. The average Bonchev–Trinajstić information content (AvgIpc) is 2.48. The van der Waals surface area contributed by atoms with Crippen LogP contribution in [0.3, 0.4) is 0 Å². The molecular formula is C15H21N3O2. The number of para-hydroxylation sites is 1. The number of carbonyl (C=O) groups is 2. The molecule has 1 aromatic rings. The van der Waals surface area contributed by atoms with Crippen LogP contribution in [0.5, 0.6) is 0 Å². The number of hydrogen-bond acceptors (Lipinski definition) is 3. The van der Waals surface area contributed by atoms with Gasteiger partial charge in [0.1, 0.15) is 0 Å². The van der Waals surface area contributed by atoms with Gasteiger partial charge in [-0.3, -0.25) is 14.5 Å². The van der Waals surface area contributed by atoms with E-state index in [-0.39, 0.29) is 11.8 Å². The monoisotopic (exact) mass is 275 g/mol. The number of nitrogens with zero attached hydrogens (tertiary/aromatic N) is 2. The Morgan fingerprint density at radius 1 is 1.10 bits per heavy atom. The van der Waals surface area contributed by atoms with Crippen LogP contribution < -0.4 is 5.32 Å². The molecule has 1 aromatic carbocycles. The third-order valence-corrected chi connectivity index (χ3v) is 3.45. The van der Waals surface area contributed by atoms with Gasteiger partial charge >= 0.3 is 0 Å². The molecule has 0 unspecified atom stereocenters. The van der Waals surface area contributed by atoms with E-state index in [1.807, 2.05) is 42.2 Å². The first-order chi connectivity index (χ1) is 9.69. The summed E-state index contributed by atoms with van der Waals surface area (Å²) in [6.45, 7) is 5.20. The van der Waals surface area contributed by atoms with E-state index < -0.39 is 0 Å². The Morgan fingerprint density at radius 2 is 1.75 bits per heavy atom. The summed E-state index contributed by atoms with van der Waals surface area (Å²) in [6, 6.07) is 9.45. The Kier molecular flexibility index (Phi) is 5.12. The van der Waals surface area contributed by atoms with Crippen molar-refractivity contribution in [1.82, 2.24) is 9.80 Å². The highest BCUT2D eigenvalue weighted by Crippen LogP contribution is 2.07. The van der Waals surface area contributed by atoms with Crippen molar-refractivity contribution < 1.29 is 9.59 Å². The molecule has 5 nitrogen and oxygen atoms in total. The number of anilines is 1. The van der Waals surface area contributed by atoms with E-state index in [0.29, 0.717) is 26.1 Å². The average molecular weight is 275 g/mol. The minimum absolute atomic E-state index is 0.00790. The summed E-state index contributed by atoms with van der Waals surface area (Å²) in [7, 11) is 0. The number of hydrogen-bond donors (Lipinski definition) is 1. The maximum absolute atomic E-state index is 11.9. The molecule has 108 valence electrons. The lowest BCUT2D eigenvalue weighted by atomic mass is 10.2. The molecule has 1 aliphatic rings. The van der Waals surface area contributed by atoms with E-state index >= 15 is 0 Å². The van der Waals surface area contributed by atoms with Crippen LogP contribution in [0, 0.1) is 0 Å². The van der Waals surface area contributed by atoms with Gasteiger partial charge in [-0.25, -0.2) is 0 Å². The summed E-state index contributed by atoms with van der Waals surface area (Å²) in [5.41, 5.74) is 0.817. The second-order valence-electron chi connectivity index (χ2n) is 4.92. The lowest BCUT2D eigenvalue weighted by Crippen LogP contribution is -2.50. The highest BCUT2D eigenvalue weighted by molar-refractivity contribution is 5.92. The van der Waals surface area contributed by atoms with Gasteiger partial charge in [0.15, 0.2) is 0 Å². The van der Waals surface area contributed by atoms with Crippen molar-refractivity contribution in [3.05, 3.63) is 30.3 Å². The van der Waals surface area contributed by atoms with Gasteiger partial charge in [0, 0.05) is 38.3 Å². The first-order valence-electron chi connectivity index (χ1n) is 7.04. The molecule has 1 N–H and O–H groups in total. The summed E-state index contributed by atoms with van der Waals surface area (Å²) < 4.78 is 0. The molecule has 5 heteroatoms. The second-order valence-corrected chi connectivity index (χ2v) is 4.92. The predicted molar refractivity (Wildman–Crippen MR) is 78.4 cm³/mol. The third-order valence-electron chi connectivity index (χ3n) is 3.45. The van der Waals surface area contributed by atoms with Crippen LogP contribution in [-0.4, -0.2) is 54.3 Å². The van der Waals surface area contributed by atoms with Crippen molar-refractivity contribution in [1.29, 1.82) is 0 Å². The van der Waals surface area contributed by atoms with Gasteiger partial charge in [0.25, 0.3) is 0 Å². The first kappa shape index (κ1) is 14.5. The van der Waals surface area contributed by atoms with Crippen LogP contribution in [0.4, 0.5) is 5.69 Å². The molecule has 0 spiro atoms. The molecule has 0 atom stereocenters. The summed E-state index contributed by atoms with van der Waals surface area (Å²) in [4.78, 5) is 27.4. The topological polar surface area (TPSA) is 52.7 Å². The van der Waals surface area contributed by atoms with Gasteiger partial charge < -0.3 is 10.2 Å². The zero-order valence-electron chi connectivity index (χ0n) is 11.8. The van der Waals surface area contributed by atoms with E-state index in [2.05, 4.69) is 10.2 Å². The largest absolute Gasteiger partial charge is 0.340 e. The lowest BCUT2D eigenvalue weighted by molar-refractivity contribution is -0.132. The Hall–Kier alpha value is -1.88. The molecule has 1 aliphatic heterocycles. The molecule has 0 saturated carbocycles. The summed E-state index contributed by atoms with van der Waals surface area (Å²) in [5, 5.41) is 2.87. The second kappa shape index (κ2) is 7.05. The fraction of sp³-hybridized carbons (Fsp3) is 0.467. The molecule has 2 rings (SSSR count). The molecule has 20 heavy (non-hydrogen) atoms. The van der Waals surface area contributed by atoms with Crippen LogP contribution in [0.25, 0.3) is 0 Å². The van der Waals surface area contributed by atoms with Gasteiger partial charge in [-0.2, -0.15) is 0 Å². The third kappa shape index (κ3) is 4.06. The number of nitrogens with one attached hydrogen (secondary N) is 1. The van der Waals surface area contributed by atoms with Gasteiger partial charge in [-0.15, -0.1) is 0 Å². The standard InChI is InChI=1S/C15H21N3O2/c1-2-15(20)18-10-8-17(9-11-18)12-14(19)16-13-6-4-3-5-7-13/h3-7H,2,8-12H2,1H3,(H,16,19). The molecule has 1 fully saturated rings. The van der Waals surface area contributed by atoms with Crippen LogP contribution in [0.1, 0.15) is 13.3 Å². The smallest absolute Gasteiger partial charge is 0.238 e. The fourth-order valence-electron chi connectivity index (χ4n) is 2.30. The zero-order valence-corrected chi connectivity index (χ0v) is 11.8. The Morgan fingerprint density at radius 3 is 2.35 bits per heavy atom. The summed E-state index contributed by atoms with van der Waals surface area (Å²) >= 11 is 0.